The molecule has 0 bridgehead atoms. The van der Waals surface area contributed by atoms with Crippen LogP contribution in [0.1, 0.15) is 29.8 Å². The Morgan fingerprint density at radius 3 is 2.22 bits per heavy atom. The third-order valence-corrected chi connectivity index (χ3v) is 5.40. The maximum absolute atomic E-state index is 12.7. The molecule has 1 heterocycles. The summed E-state index contributed by atoms with van der Waals surface area (Å²) < 4.78 is 5.04. The fourth-order valence-electron chi connectivity index (χ4n) is 3.36. The second kappa shape index (κ2) is 14.9. The van der Waals surface area contributed by atoms with Gasteiger partial charge in [0.05, 0.1) is 25.6 Å². The van der Waals surface area contributed by atoms with Crippen LogP contribution >= 0.6 is 23.2 Å². The van der Waals surface area contributed by atoms with E-state index in [0.717, 1.165) is 27.8 Å². The Kier molecular flexibility index (Phi) is 11.9. The third kappa shape index (κ3) is 7.56. The highest BCUT2D eigenvalue weighted by Gasteiger charge is 2.12. The van der Waals surface area contributed by atoms with Gasteiger partial charge in [-0.15, -0.1) is 11.6 Å². The van der Waals surface area contributed by atoms with Crippen LogP contribution in [-0.2, 0) is 6.61 Å². The Morgan fingerprint density at radius 1 is 0.917 bits per heavy atom. The molecule has 36 heavy (non-hydrogen) atoms. The molecule has 0 aliphatic rings. The summed E-state index contributed by atoms with van der Waals surface area (Å²) in [5, 5.41) is 12.7. The van der Waals surface area contributed by atoms with Gasteiger partial charge in [0.1, 0.15) is 0 Å². The highest BCUT2D eigenvalue weighted by Crippen LogP contribution is 2.31. The summed E-state index contributed by atoms with van der Waals surface area (Å²) in [6.07, 6.45) is 3.01. The van der Waals surface area contributed by atoms with E-state index < -0.39 is 0 Å². The minimum atomic E-state index is -0.257. The highest BCUT2D eigenvalue weighted by atomic mass is 35.5. The van der Waals surface area contributed by atoms with E-state index in [1.54, 1.807) is 30.3 Å². The molecule has 0 fully saturated rings. The first-order valence-electron chi connectivity index (χ1n) is 11.4. The number of anilines is 1. The van der Waals surface area contributed by atoms with Crippen LogP contribution in [0.4, 0.5) is 5.69 Å². The van der Waals surface area contributed by atoms with Crippen molar-refractivity contribution in [1.82, 2.24) is 4.98 Å². The average Bonchev–Trinajstić information content (AvgIpc) is 2.96. The normalized spacial score (nSPS) is 9.75. The Labute approximate surface area is 222 Å². The van der Waals surface area contributed by atoms with Crippen LogP contribution < -0.4 is 10.1 Å². The van der Waals surface area contributed by atoms with Gasteiger partial charge in [0.15, 0.2) is 0 Å². The van der Waals surface area contributed by atoms with Crippen molar-refractivity contribution in [3.05, 3.63) is 101 Å². The molecule has 188 valence electrons. The first-order chi connectivity index (χ1) is 17.6. The molecule has 5 nitrogen and oxygen atoms in total. The van der Waals surface area contributed by atoms with Crippen LogP contribution in [0.3, 0.4) is 0 Å². The number of aromatic nitrogens is 1. The number of carbonyl (C=O) groups excluding carboxylic acids is 1. The number of pyridine rings is 1. The molecule has 0 aliphatic heterocycles. The van der Waals surface area contributed by atoms with Crippen LogP contribution in [0.2, 0.25) is 5.02 Å². The van der Waals surface area contributed by atoms with E-state index in [1.807, 2.05) is 62.4 Å². The molecular weight excluding hydrogens is 495 g/mol. The van der Waals surface area contributed by atoms with E-state index in [2.05, 4.69) is 21.9 Å². The molecule has 0 atom stereocenters. The molecule has 4 aromatic rings. The maximum atomic E-state index is 12.7. The van der Waals surface area contributed by atoms with Gasteiger partial charge in [0.25, 0.3) is 5.91 Å². The van der Waals surface area contributed by atoms with Gasteiger partial charge in [-0.25, -0.2) is 4.98 Å². The van der Waals surface area contributed by atoms with Gasteiger partial charge in [-0.05, 0) is 52.6 Å². The molecule has 1 amide bonds. The van der Waals surface area contributed by atoms with E-state index >= 15 is 0 Å². The molecule has 0 spiro atoms. The van der Waals surface area contributed by atoms with Crippen molar-refractivity contribution in [2.45, 2.75) is 20.5 Å². The highest BCUT2D eigenvalue weighted by molar-refractivity contribution is 6.33. The number of halogens is 2. The first-order valence-corrected chi connectivity index (χ1v) is 12.5. The Hall–Kier alpha value is -3.38. The van der Waals surface area contributed by atoms with Crippen LogP contribution in [0, 0.1) is 0 Å². The fraction of sp³-hybridized carbons (Fsp3) is 0.172. The van der Waals surface area contributed by atoms with Gasteiger partial charge >= 0.3 is 0 Å². The molecule has 0 radical (unpaired) electrons. The number of methoxy groups -OCH3 is 1. The van der Waals surface area contributed by atoms with Crippen molar-refractivity contribution >= 4 is 34.8 Å². The number of nitrogens with zero attached hydrogens (tertiary/aromatic N) is 1. The van der Waals surface area contributed by atoms with Crippen molar-refractivity contribution in [1.29, 1.82) is 0 Å². The Morgan fingerprint density at radius 2 is 1.61 bits per heavy atom. The van der Waals surface area contributed by atoms with E-state index in [9.17, 15) is 9.90 Å². The van der Waals surface area contributed by atoms with Gasteiger partial charge in [0.2, 0.25) is 5.88 Å². The molecule has 2 N–H and O–H groups in total. The predicted molar refractivity (Wildman–Crippen MR) is 150 cm³/mol. The summed E-state index contributed by atoms with van der Waals surface area (Å²) in [6.45, 7) is 4.00. The first kappa shape index (κ1) is 28.9. The number of nitrogens with one attached hydrogen (secondary N) is 1. The van der Waals surface area contributed by atoms with Gasteiger partial charge < -0.3 is 15.2 Å². The second-order valence-corrected chi connectivity index (χ2v) is 7.58. The quantitative estimate of drug-likeness (QED) is 0.253. The smallest absolute Gasteiger partial charge is 0.255 e. The summed E-state index contributed by atoms with van der Waals surface area (Å²) in [4.78, 5) is 16.8. The number of rotatable bonds is 6. The van der Waals surface area contributed by atoms with E-state index in [0.29, 0.717) is 22.2 Å². The molecule has 7 heteroatoms. The zero-order valence-electron chi connectivity index (χ0n) is 20.8. The van der Waals surface area contributed by atoms with Crippen LogP contribution in [-0.4, -0.2) is 29.5 Å². The van der Waals surface area contributed by atoms with Crippen molar-refractivity contribution in [3.63, 3.8) is 0 Å². The predicted octanol–water partition coefficient (Wildman–Crippen LogP) is 7.70. The summed E-state index contributed by atoms with van der Waals surface area (Å²) >= 11 is 11.1. The molecule has 0 aliphatic carbocycles. The minimum absolute atomic E-state index is 0.00295. The number of hydrogen-bond donors (Lipinski definition) is 2. The lowest BCUT2D eigenvalue weighted by atomic mass is 9.98. The topological polar surface area (TPSA) is 71.5 Å². The molecule has 0 unspecified atom stereocenters. The lowest BCUT2D eigenvalue weighted by molar-refractivity contribution is 0.102. The Bertz CT molecular complexity index is 1240. The summed E-state index contributed by atoms with van der Waals surface area (Å²) in [5.41, 5.74) is 5.64. The van der Waals surface area contributed by atoms with E-state index in [-0.39, 0.29) is 12.5 Å². The summed E-state index contributed by atoms with van der Waals surface area (Å²) in [5.74, 6) is 0.218. The number of carbonyl (C=O) groups is 1. The minimum Gasteiger partial charge on any atom is -0.481 e. The molecule has 0 saturated heterocycles. The van der Waals surface area contributed by atoms with Crippen molar-refractivity contribution in [2.24, 2.45) is 0 Å². The molecule has 1 aromatic heterocycles. The molecule has 3 aromatic carbocycles. The van der Waals surface area contributed by atoms with E-state index in [4.69, 9.17) is 16.3 Å². The van der Waals surface area contributed by atoms with Gasteiger partial charge in [-0.1, -0.05) is 67.9 Å². The lowest BCUT2D eigenvalue weighted by Crippen LogP contribution is -2.12. The maximum Gasteiger partial charge on any atom is 0.255 e. The van der Waals surface area contributed by atoms with Crippen LogP contribution in [0.5, 0.6) is 5.88 Å². The molecule has 4 rings (SSSR count). The van der Waals surface area contributed by atoms with Gasteiger partial charge in [-0.2, -0.15) is 0 Å². The zero-order chi connectivity index (χ0) is 26.5. The standard InChI is InChI=1S/C26H21ClN2O3.C2H6.CH3Cl/c1-32-25-12-10-22(15-28-25)29-26(31)21-9-11-24(27)23(14-21)19-7-5-18(6-8-19)20-4-2-3-17(13-20)16-30;2*1-2/h2-15,30H,16H2,1H3,(H,29,31);1-2H3;1H3. The van der Waals surface area contributed by atoms with Crippen LogP contribution in [0.15, 0.2) is 85.1 Å². The number of hydrogen-bond acceptors (Lipinski definition) is 4. The average molecular weight is 525 g/mol. The van der Waals surface area contributed by atoms with Crippen molar-refractivity contribution in [2.75, 3.05) is 18.8 Å². The third-order valence-electron chi connectivity index (χ3n) is 5.07. The lowest BCUT2D eigenvalue weighted by Gasteiger charge is -2.10. The second-order valence-electron chi connectivity index (χ2n) is 7.17. The van der Waals surface area contributed by atoms with E-state index in [1.165, 1.54) is 19.7 Å². The van der Waals surface area contributed by atoms with Crippen molar-refractivity contribution < 1.29 is 14.6 Å². The number of ether oxygens (including phenoxy) is 1. The number of benzene rings is 3. The largest absolute Gasteiger partial charge is 0.481 e. The van der Waals surface area contributed by atoms with Crippen molar-refractivity contribution in [3.8, 4) is 28.1 Å². The number of amides is 1. The Balaban J connectivity index is 0.00000109. The SMILES string of the molecule is CC.CCl.COc1ccc(NC(=O)c2ccc(Cl)c(-c3ccc(-c4cccc(CO)c4)cc3)c2)cn1. The zero-order valence-corrected chi connectivity index (χ0v) is 22.3. The molecular formula is C29H30Cl2N2O3. The molecule has 0 saturated carbocycles. The van der Waals surface area contributed by atoms with Gasteiger partial charge in [0, 0.05) is 28.6 Å². The number of alkyl halides is 1. The summed E-state index contributed by atoms with van der Waals surface area (Å²) in [7, 11) is 1.54. The summed E-state index contributed by atoms with van der Waals surface area (Å²) in [6, 6.07) is 24.3. The van der Waals surface area contributed by atoms with Gasteiger partial charge in [-0.3, -0.25) is 4.79 Å². The monoisotopic (exact) mass is 524 g/mol. The number of aliphatic hydroxyl groups excluding tert-OH is 1. The number of aliphatic hydroxyl groups is 1. The van der Waals surface area contributed by atoms with Crippen LogP contribution in [0.25, 0.3) is 22.3 Å². The fourth-order valence-corrected chi connectivity index (χ4v) is 3.58.